The molecule has 7 heteroatoms. The number of rotatable bonds is 7. The van der Waals surface area contributed by atoms with Gasteiger partial charge in [-0.1, -0.05) is 43.5 Å². The van der Waals surface area contributed by atoms with Crippen molar-refractivity contribution in [3.05, 3.63) is 64.4 Å². The number of hydrogen-bond donors (Lipinski definition) is 2. The zero-order valence-corrected chi connectivity index (χ0v) is 16.8. The molecule has 4 nitrogen and oxygen atoms in total. The van der Waals surface area contributed by atoms with Crippen LogP contribution in [0.4, 0.5) is 5.82 Å². The minimum Gasteiger partial charge on any atom is -0.369 e. The maximum absolute atomic E-state index is 6.36. The summed E-state index contributed by atoms with van der Waals surface area (Å²) in [4.78, 5) is 9.41. The maximum atomic E-state index is 6.36. The molecule has 4 rings (SSSR count). The molecule has 0 bridgehead atoms. The normalized spacial score (nSPS) is 13.3. The van der Waals surface area contributed by atoms with Crippen LogP contribution in [0.3, 0.4) is 0 Å². The van der Waals surface area contributed by atoms with Gasteiger partial charge in [0.1, 0.15) is 5.82 Å². The van der Waals surface area contributed by atoms with Gasteiger partial charge in [0.25, 0.3) is 0 Å². The number of anilines is 1. The van der Waals surface area contributed by atoms with E-state index in [1.54, 1.807) is 12.1 Å². The Labute approximate surface area is 169 Å². The van der Waals surface area contributed by atoms with Crippen LogP contribution in [0.25, 0.3) is 22.3 Å². The van der Waals surface area contributed by atoms with Gasteiger partial charge in [-0.2, -0.15) is 0 Å². The third-order valence-corrected chi connectivity index (χ3v) is 5.60. The first-order chi connectivity index (χ1) is 13.2. The summed E-state index contributed by atoms with van der Waals surface area (Å²) in [6.07, 6.45) is 3.09. The molecule has 0 amide bonds. The van der Waals surface area contributed by atoms with Gasteiger partial charge in [0.2, 0.25) is 0 Å². The second-order valence-corrected chi connectivity index (χ2v) is 7.96. The summed E-state index contributed by atoms with van der Waals surface area (Å²) in [5.41, 5.74) is 2.92. The fourth-order valence-corrected chi connectivity index (χ4v) is 3.76. The lowest BCUT2D eigenvalue weighted by Crippen LogP contribution is -2.24. The minimum absolute atomic E-state index is 0.540. The third-order valence-electron chi connectivity index (χ3n) is 4.17. The number of para-hydroxylation sites is 1. The highest BCUT2D eigenvalue weighted by atomic mass is 35.5. The number of fused-ring (bicyclic) bond motifs is 1. The topological polar surface area (TPSA) is 49.8 Å². The van der Waals surface area contributed by atoms with E-state index in [2.05, 4.69) is 27.5 Å². The Morgan fingerprint density at radius 1 is 0.963 bits per heavy atom. The van der Waals surface area contributed by atoms with Gasteiger partial charge in [0.05, 0.1) is 10.5 Å². The third kappa shape index (κ3) is 4.31. The van der Waals surface area contributed by atoms with Crippen molar-refractivity contribution in [3.8, 4) is 11.4 Å². The van der Waals surface area contributed by atoms with Gasteiger partial charge in [-0.3, -0.25) is 5.32 Å². The minimum atomic E-state index is 0.540. The molecule has 0 saturated heterocycles. The number of halogens is 2. The van der Waals surface area contributed by atoms with E-state index in [9.17, 15) is 0 Å². The molecule has 1 aromatic heterocycles. The molecule has 0 atom stereocenters. The molecule has 0 saturated carbocycles. The Morgan fingerprint density at radius 2 is 1.78 bits per heavy atom. The summed E-state index contributed by atoms with van der Waals surface area (Å²) in [7, 11) is 1.28. The van der Waals surface area contributed by atoms with Gasteiger partial charge in [-0.15, -0.1) is 0 Å². The fourth-order valence-electron chi connectivity index (χ4n) is 2.77. The van der Waals surface area contributed by atoms with Gasteiger partial charge in [-0.05, 0) is 48.6 Å². The van der Waals surface area contributed by atoms with Crippen LogP contribution in [0, 0.1) is 0 Å². The number of aromatic nitrogens is 2. The van der Waals surface area contributed by atoms with Crippen molar-refractivity contribution in [1.29, 1.82) is 0 Å². The summed E-state index contributed by atoms with van der Waals surface area (Å²) in [5.74, 6) is 3.53. The SMILES string of the molecule is Clc1ccc(-c2nc(NCCCNC3=PC=C3)c3ccccc3n2)c(Cl)c1. The monoisotopic (exact) mass is 414 g/mol. The van der Waals surface area contributed by atoms with Crippen LogP contribution in [-0.4, -0.2) is 28.5 Å². The lowest BCUT2D eigenvalue weighted by Gasteiger charge is -2.12. The van der Waals surface area contributed by atoms with Crippen molar-refractivity contribution >= 4 is 53.5 Å². The summed E-state index contributed by atoms with van der Waals surface area (Å²) >= 11 is 12.4. The van der Waals surface area contributed by atoms with Gasteiger partial charge in [0, 0.05) is 34.5 Å². The maximum Gasteiger partial charge on any atom is 0.163 e. The van der Waals surface area contributed by atoms with Crippen LogP contribution >= 0.6 is 31.4 Å². The Kier molecular flexibility index (Phi) is 5.70. The highest BCUT2D eigenvalue weighted by Crippen LogP contribution is 2.31. The first kappa shape index (κ1) is 18.4. The van der Waals surface area contributed by atoms with E-state index in [1.807, 2.05) is 30.3 Å². The molecule has 1 aliphatic rings. The molecule has 0 fully saturated rings. The Morgan fingerprint density at radius 3 is 2.56 bits per heavy atom. The van der Waals surface area contributed by atoms with E-state index >= 15 is 0 Å². The number of nitrogens with one attached hydrogen (secondary N) is 2. The van der Waals surface area contributed by atoms with Gasteiger partial charge >= 0.3 is 0 Å². The van der Waals surface area contributed by atoms with Gasteiger partial charge in [-0.25, -0.2) is 9.97 Å². The van der Waals surface area contributed by atoms with Crippen molar-refractivity contribution in [2.45, 2.75) is 6.42 Å². The van der Waals surface area contributed by atoms with Crippen molar-refractivity contribution < 1.29 is 0 Å². The Balaban J connectivity index is 1.56. The van der Waals surface area contributed by atoms with Crippen molar-refractivity contribution in [3.63, 3.8) is 0 Å². The predicted octanol–water partition coefficient (Wildman–Crippen LogP) is 5.60. The van der Waals surface area contributed by atoms with E-state index in [1.165, 1.54) is 13.6 Å². The molecular weight excluding hydrogens is 398 g/mol. The van der Waals surface area contributed by atoms with Crippen molar-refractivity contribution in [1.82, 2.24) is 15.3 Å². The number of hydrogen-bond acceptors (Lipinski definition) is 4. The molecule has 27 heavy (non-hydrogen) atoms. The summed E-state index contributed by atoms with van der Waals surface area (Å²) in [6.45, 7) is 1.74. The number of benzene rings is 2. The molecule has 2 N–H and O–H groups in total. The quantitative estimate of drug-likeness (QED) is 0.390. The molecule has 1 aliphatic heterocycles. The second kappa shape index (κ2) is 8.37. The molecule has 3 aromatic rings. The van der Waals surface area contributed by atoms with Crippen molar-refractivity contribution in [2.24, 2.45) is 0 Å². The van der Waals surface area contributed by atoms with E-state index < -0.39 is 0 Å². The average Bonchev–Trinajstić information content (AvgIpc) is 2.62. The summed E-state index contributed by atoms with van der Waals surface area (Å²) in [5, 5.41) is 8.98. The summed E-state index contributed by atoms with van der Waals surface area (Å²) < 4.78 is 0. The second-order valence-electron chi connectivity index (χ2n) is 6.07. The highest BCUT2D eigenvalue weighted by Gasteiger charge is 2.12. The van der Waals surface area contributed by atoms with Crippen LogP contribution in [0.5, 0.6) is 0 Å². The molecule has 2 aromatic carbocycles. The standard InChI is InChI=1S/C20H17Cl2N4P/c21-13-6-7-14(16(22)12-13)20-25-17-5-2-1-4-15(17)19(26-20)24-10-3-9-23-18-8-11-27-18/h1-2,4-8,11-12,23H,3,9-10H2,(H,24,25,26). The zero-order chi connectivity index (χ0) is 18.6. The smallest absolute Gasteiger partial charge is 0.163 e. The molecule has 0 aliphatic carbocycles. The van der Waals surface area contributed by atoms with Gasteiger partial charge < -0.3 is 5.32 Å². The molecule has 0 spiro atoms. The van der Waals surface area contributed by atoms with Crippen molar-refractivity contribution in [2.75, 3.05) is 18.4 Å². The van der Waals surface area contributed by atoms with E-state index in [0.29, 0.717) is 15.9 Å². The van der Waals surface area contributed by atoms with E-state index in [4.69, 9.17) is 28.2 Å². The Hall–Kier alpha value is -1.97. The van der Waals surface area contributed by atoms with Crippen LogP contribution in [-0.2, 0) is 0 Å². The highest BCUT2D eigenvalue weighted by molar-refractivity contribution is 7.47. The lowest BCUT2D eigenvalue weighted by molar-refractivity contribution is 0.809. The molecule has 136 valence electrons. The number of nitrogens with zero attached hydrogens (tertiary/aromatic N) is 2. The molecule has 0 unspecified atom stereocenters. The van der Waals surface area contributed by atoms with Crippen LogP contribution in [0.1, 0.15) is 6.42 Å². The molecular formula is C20H17Cl2N4P. The van der Waals surface area contributed by atoms with Crippen LogP contribution in [0.15, 0.2) is 54.4 Å². The lowest BCUT2D eigenvalue weighted by atomic mass is 10.1. The summed E-state index contributed by atoms with van der Waals surface area (Å²) in [6, 6.07) is 13.3. The van der Waals surface area contributed by atoms with Crippen LogP contribution in [0.2, 0.25) is 10.0 Å². The molecule has 0 radical (unpaired) electrons. The average molecular weight is 415 g/mol. The van der Waals surface area contributed by atoms with Crippen LogP contribution < -0.4 is 10.6 Å². The van der Waals surface area contributed by atoms with Gasteiger partial charge in [0.15, 0.2) is 5.82 Å². The Bertz CT molecular complexity index is 1050. The van der Waals surface area contributed by atoms with E-state index in [-0.39, 0.29) is 0 Å². The largest absolute Gasteiger partial charge is 0.369 e. The predicted molar refractivity (Wildman–Crippen MR) is 117 cm³/mol. The molecule has 2 heterocycles. The first-order valence-electron chi connectivity index (χ1n) is 8.65. The zero-order valence-electron chi connectivity index (χ0n) is 14.4. The van der Waals surface area contributed by atoms with E-state index in [0.717, 1.165) is 41.8 Å². The fraction of sp³-hybridized carbons (Fsp3) is 0.150. The first-order valence-corrected chi connectivity index (χ1v) is 10.4.